The molecule has 0 saturated carbocycles. The van der Waals surface area contributed by atoms with Gasteiger partial charge in [-0.1, -0.05) is 12.1 Å². The molecule has 0 aliphatic carbocycles. The van der Waals surface area contributed by atoms with Gasteiger partial charge < -0.3 is 11.1 Å². The third-order valence-corrected chi connectivity index (χ3v) is 4.91. The predicted molar refractivity (Wildman–Crippen MR) is 84.9 cm³/mol. The lowest BCUT2D eigenvalue weighted by Crippen LogP contribution is -2.22. The highest BCUT2D eigenvalue weighted by atomic mass is 32.2. The molecular formula is C15H19N3O2S. The Bertz CT molecular complexity index is 710. The molecule has 0 heterocycles. The van der Waals surface area contributed by atoms with Crippen molar-refractivity contribution in [3.05, 3.63) is 54.1 Å². The molecule has 0 fully saturated rings. The van der Waals surface area contributed by atoms with Gasteiger partial charge in [-0.2, -0.15) is 0 Å². The fraction of sp³-hybridized carbons (Fsp3) is 0.200. The van der Waals surface area contributed by atoms with Gasteiger partial charge in [0.1, 0.15) is 0 Å². The van der Waals surface area contributed by atoms with E-state index in [1.165, 1.54) is 18.4 Å². The van der Waals surface area contributed by atoms with Crippen LogP contribution in [-0.2, 0) is 16.6 Å². The Balaban J connectivity index is 2.20. The molecule has 0 atom stereocenters. The molecule has 0 spiro atoms. The molecule has 0 bridgehead atoms. The van der Waals surface area contributed by atoms with Gasteiger partial charge in [0.15, 0.2) is 0 Å². The third-order valence-electron chi connectivity index (χ3n) is 3.08. The second kappa shape index (κ2) is 6.26. The number of nitrogens with zero attached hydrogens (tertiary/aromatic N) is 1. The van der Waals surface area contributed by atoms with Gasteiger partial charge in [-0.15, -0.1) is 0 Å². The van der Waals surface area contributed by atoms with E-state index in [0.29, 0.717) is 6.54 Å². The van der Waals surface area contributed by atoms with Crippen LogP contribution < -0.4 is 11.1 Å². The van der Waals surface area contributed by atoms with Gasteiger partial charge in [0, 0.05) is 32.0 Å². The van der Waals surface area contributed by atoms with Crippen LogP contribution in [0.5, 0.6) is 0 Å². The molecule has 0 aromatic heterocycles. The molecule has 2 aromatic carbocycles. The van der Waals surface area contributed by atoms with Crippen LogP contribution in [0.25, 0.3) is 0 Å². The minimum absolute atomic E-state index is 0.272. The van der Waals surface area contributed by atoms with Crippen LogP contribution in [0.1, 0.15) is 5.56 Å². The lowest BCUT2D eigenvalue weighted by Gasteiger charge is -2.12. The van der Waals surface area contributed by atoms with E-state index in [9.17, 15) is 8.42 Å². The van der Waals surface area contributed by atoms with E-state index in [1.807, 2.05) is 24.3 Å². The molecule has 3 N–H and O–H groups in total. The maximum Gasteiger partial charge on any atom is 0.242 e. The van der Waals surface area contributed by atoms with E-state index in [1.54, 1.807) is 24.3 Å². The Morgan fingerprint density at radius 3 is 2.29 bits per heavy atom. The number of hydrogen-bond donors (Lipinski definition) is 2. The van der Waals surface area contributed by atoms with Gasteiger partial charge >= 0.3 is 0 Å². The first-order valence-electron chi connectivity index (χ1n) is 6.52. The topological polar surface area (TPSA) is 75.4 Å². The zero-order chi connectivity index (χ0) is 15.5. The molecule has 6 heteroatoms. The van der Waals surface area contributed by atoms with Crippen LogP contribution >= 0.6 is 0 Å². The van der Waals surface area contributed by atoms with E-state index in [2.05, 4.69) is 5.32 Å². The van der Waals surface area contributed by atoms with E-state index in [4.69, 9.17) is 5.73 Å². The first-order chi connectivity index (χ1) is 9.93. The summed E-state index contributed by atoms with van der Waals surface area (Å²) < 4.78 is 25.1. The molecule has 0 unspecified atom stereocenters. The van der Waals surface area contributed by atoms with Gasteiger partial charge in [0.2, 0.25) is 10.0 Å². The van der Waals surface area contributed by atoms with Crippen LogP contribution in [0.4, 0.5) is 11.4 Å². The first-order valence-corrected chi connectivity index (χ1v) is 7.96. The summed E-state index contributed by atoms with van der Waals surface area (Å²) in [4.78, 5) is 0.272. The summed E-state index contributed by atoms with van der Waals surface area (Å²) in [6.07, 6.45) is 0. The fourth-order valence-corrected chi connectivity index (χ4v) is 2.77. The van der Waals surface area contributed by atoms with Gasteiger partial charge in [0.25, 0.3) is 0 Å². The maximum atomic E-state index is 12.0. The Morgan fingerprint density at radius 1 is 1.05 bits per heavy atom. The molecule has 2 aromatic rings. The summed E-state index contributed by atoms with van der Waals surface area (Å²) in [6, 6.07) is 14.4. The van der Waals surface area contributed by atoms with Gasteiger partial charge in [-0.25, -0.2) is 12.7 Å². The Hall–Kier alpha value is -1.89. The van der Waals surface area contributed by atoms with E-state index in [0.717, 1.165) is 16.9 Å². The van der Waals surface area contributed by atoms with Gasteiger partial charge in [-0.3, -0.25) is 0 Å². The van der Waals surface area contributed by atoms with Crippen molar-refractivity contribution in [1.29, 1.82) is 0 Å². The Kier molecular flexibility index (Phi) is 4.62. The van der Waals surface area contributed by atoms with Crippen molar-refractivity contribution in [2.75, 3.05) is 19.4 Å². The molecule has 0 radical (unpaired) electrons. The summed E-state index contributed by atoms with van der Waals surface area (Å²) in [5, 5.41) is 3.22. The number of sulfonamides is 1. The van der Waals surface area contributed by atoms with Crippen molar-refractivity contribution in [3.8, 4) is 0 Å². The Morgan fingerprint density at radius 2 is 1.71 bits per heavy atom. The smallest absolute Gasteiger partial charge is 0.242 e. The quantitative estimate of drug-likeness (QED) is 0.887. The second-order valence-corrected chi connectivity index (χ2v) is 6.99. The van der Waals surface area contributed by atoms with E-state index >= 15 is 0 Å². The summed E-state index contributed by atoms with van der Waals surface area (Å²) in [5.41, 5.74) is 8.38. The minimum Gasteiger partial charge on any atom is -0.356 e. The zero-order valence-electron chi connectivity index (χ0n) is 12.1. The number of nitrogens with one attached hydrogen (secondary N) is 1. The lowest BCUT2D eigenvalue weighted by molar-refractivity contribution is 0.521. The minimum atomic E-state index is -3.39. The maximum absolute atomic E-state index is 12.0. The van der Waals surface area contributed by atoms with E-state index in [-0.39, 0.29) is 4.90 Å². The summed E-state index contributed by atoms with van der Waals surface area (Å²) >= 11 is 0. The fourth-order valence-electron chi connectivity index (χ4n) is 1.86. The van der Waals surface area contributed by atoms with Gasteiger partial charge in [-0.05, 0) is 42.0 Å². The second-order valence-electron chi connectivity index (χ2n) is 4.84. The van der Waals surface area contributed by atoms with Crippen LogP contribution in [0.2, 0.25) is 0 Å². The van der Waals surface area contributed by atoms with E-state index < -0.39 is 10.0 Å². The lowest BCUT2D eigenvalue weighted by atomic mass is 10.2. The zero-order valence-corrected chi connectivity index (χ0v) is 12.9. The number of nitrogens with two attached hydrogens (primary N) is 1. The summed E-state index contributed by atoms with van der Waals surface area (Å²) in [6.45, 7) is 0.482. The molecule has 0 amide bonds. The third kappa shape index (κ3) is 3.60. The normalized spacial score (nSPS) is 11.6. The van der Waals surface area contributed by atoms with Crippen LogP contribution in [0.15, 0.2) is 53.4 Å². The highest BCUT2D eigenvalue weighted by molar-refractivity contribution is 7.89. The average molecular weight is 305 g/mol. The molecule has 21 heavy (non-hydrogen) atoms. The van der Waals surface area contributed by atoms with Crippen LogP contribution in [0, 0.1) is 0 Å². The predicted octanol–water partition coefficient (Wildman–Crippen LogP) is 2.14. The van der Waals surface area contributed by atoms with Gasteiger partial charge in [0.05, 0.1) is 4.90 Å². The van der Waals surface area contributed by atoms with Crippen molar-refractivity contribution in [2.45, 2.75) is 11.4 Å². The monoisotopic (exact) mass is 305 g/mol. The highest BCUT2D eigenvalue weighted by Gasteiger charge is 2.16. The molecule has 5 nitrogen and oxygen atoms in total. The number of benzene rings is 2. The van der Waals surface area contributed by atoms with Crippen molar-refractivity contribution in [1.82, 2.24) is 4.31 Å². The average Bonchev–Trinajstić information content (AvgIpc) is 2.48. The number of anilines is 2. The molecule has 0 saturated heterocycles. The number of hydrogen-bond acceptors (Lipinski definition) is 4. The molecular weight excluding hydrogens is 286 g/mol. The van der Waals surface area contributed by atoms with Crippen molar-refractivity contribution < 1.29 is 8.42 Å². The van der Waals surface area contributed by atoms with Crippen LogP contribution in [-0.4, -0.2) is 26.8 Å². The summed E-state index contributed by atoms with van der Waals surface area (Å²) in [5.74, 6) is 0. The molecule has 0 aliphatic heterocycles. The molecule has 112 valence electrons. The number of rotatable bonds is 5. The van der Waals surface area contributed by atoms with Crippen molar-refractivity contribution in [2.24, 2.45) is 5.73 Å². The SMILES string of the molecule is CN(C)S(=O)(=O)c1ccc(Nc2cccc(CN)c2)cc1. The largest absolute Gasteiger partial charge is 0.356 e. The standard InChI is InChI=1S/C15H19N3O2S/c1-18(2)21(19,20)15-8-6-13(7-9-15)17-14-5-3-4-12(10-14)11-16/h3-10,17H,11,16H2,1-2H3. The van der Waals surface area contributed by atoms with Crippen molar-refractivity contribution >= 4 is 21.4 Å². The first kappa shape index (κ1) is 15.5. The van der Waals surface area contributed by atoms with Crippen LogP contribution in [0.3, 0.4) is 0 Å². The molecule has 0 aliphatic rings. The summed E-state index contributed by atoms with van der Waals surface area (Å²) in [7, 11) is -0.361. The molecule has 2 rings (SSSR count). The highest BCUT2D eigenvalue weighted by Crippen LogP contribution is 2.20. The Labute approximate surface area is 125 Å². The van der Waals surface area contributed by atoms with Crippen molar-refractivity contribution in [3.63, 3.8) is 0 Å².